The van der Waals surface area contributed by atoms with Crippen molar-refractivity contribution in [1.29, 1.82) is 0 Å². The molecular weight excluding hydrogens is 136 g/mol. The Hall–Kier alpha value is -0.600. The predicted octanol–water partition coefficient (Wildman–Crippen LogP) is 1.33. The van der Waals surface area contributed by atoms with Crippen molar-refractivity contribution in [2.75, 3.05) is 13.6 Å². The smallest absolute Gasteiger partial charge is 0.0436 e. The summed E-state index contributed by atoms with van der Waals surface area (Å²) < 4.78 is 0. The summed E-state index contributed by atoms with van der Waals surface area (Å²) >= 11 is 0. The summed E-state index contributed by atoms with van der Waals surface area (Å²) in [6.45, 7) is 3.13. The SMILES string of the molecule is C/C=C/C=C\C1CCNN1C. The van der Waals surface area contributed by atoms with Gasteiger partial charge in [0.15, 0.2) is 0 Å². The van der Waals surface area contributed by atoms with Crippen molar-refractivity contribution in [1.82, 2.24) is 10.4 Å². The van der Waals surface area contributed by atoms with Crippen LogP contribution in [0.15, 0.2) is 24.3 Å². The van der Waals surface area contributed by atoms with E-state index in [4.69, 9.17) is 0 Å². The van der Waals surface area contributed by atoms with Crippen molar-refractivity contribution in [3.63, 3.8) is 0 Å². The normalized spacial score (nSPS) is 27.6. The first-order chi connectivity index (χ1) is 5.34. The molecule has 11 heavy (non-hydrogen) atoms. The molecule has 0 amide bonds. The molecular formula is C9H16N2. The van der Waals surface area contributed by atoms with Crippen molar-refractivity contribution in [2.45, 2.75) is 19.4 Å². The van der Waals surface area contributed by atoms with Crippen molar-refractivity contribution in [3.8, 4) is 0 Å². The first kappa shape index (κ1) is 8.50. The van der Waals surface area contributed by atoms with E-state index >= 15 is 0 Å². The van der Waals surface area contributed by atoms with Crippen LogP contribution in [0.1, 0.15) is 13.3 Å². The molecule has 1 rings (SSSR count). The molecule has 1 atom stereocenters. The zero-order valence-electron chi connectivity index (χ0n) is 7.25. The zero-order chi connectivity index (χ0) is 8.10. The van der Waals surface area contributed by atoms with E-state index in [0.29, 0.717) is 6.04 Å². The van der Waals surface area contributed by atoms with E-state index in [1.807, 2.05) is 13.0 Å². The molecule has 1 unspecified atom stereocenters. The largest absolute Gasteiger partial charge is 0.255 e. The minimum absolute atomic E-state index is 0.575. The van der Waals surface area contributed by atoms with Gasteiger partial charge in [-0.2, -0.15) is 0 Å². The van der Waals surface area contributed by atoms with Crippen LogP contribution in [0.3, 0.4) is 0 Å². The van der Waals surface area contributed by atoms with Gasteiger partial charge in [0.25, 0.3) is 0 Å². The van der Waals surface area contributed by atoms with E-state index < -0.39 is 0 Å². The fourth-order valence-electron chi connectivity index (χ4n) is 1.23. The lowest BCUT2D eigenvalue weighted by Gasteiger charge is -2.14. The highest BCUT2D eigenvalue weighted by Crippen LogP contribution is 2.06. The Labute approximate surface area is 68.6 Å². The second-order valence-corrected chi connectivity index (χ2v) is 2.79. The maximum atomic E-state index is 3.25. The predicted molar refractivity (Wildman–Crippen MR) is 48.1 cm³/mol. The molecule has 0 bridgehead atoms. The lowest BCUT2D eigenvalue weighted by molar-refractivity contribution is 0.271. The molecule has 1 aliphatic heterocycles. The molecule has 0 radical (unpaired) electrons. The summed E-state index contributed by atoms with van der Waals surface area (Å²) in [7, 11) is 2.08. The lowest BCUT2D eigenvalue weighted by Crippen LogP contribution is -2.31. The van der Waals surface area contributed by atoms with E-state index in [0.717, 1.165) is 6.54 Å². The van der Waals surface area contributed by atoms with E-state index in [9.17, 15) is 0 Å². The van der Waals surface area contributed by atoms with Crippen LogP contribution in [-0.2, 0) is 0 Å². The lowest BCUT2D eigenvalue weighted by atomic mass is 10.2. The summed E-state index contributed by atoms with van der Waals surface area (Å²) in [6.07, 6.45) is 9.64. The fraction of sp³-hybridized carbons (Fsp3) is 0.556. The van der Waals surface area contributed by atoms with Gasteiger partial charge in [-0.3, -0.25) is 5.43 Å². The van der Waals surface area contributed by atoms with Crippen LogP contribution < -0.4 is 5.43 Å². The summed E-state index contributed by atoms with van der Waals surface area (Å²) in [5.74, 6) is 0. The number of allylic oxidation sites excluding steroid dienone is 3. The third-order valence-corrected chi connectivity index (χ3v) is 1.94. The van der Waals surface area contributed by atoms with E-state index in [1.165, 1.54) is 6.42 Å². The van der Waals surface area contributed by atoms with E-state index in [2.05, 4.69) is 35.7 Å². The summed E-state index contributed by atoms with van der Waals surface area (Å²) in [5.41, 5.74) is 3.25. The van der Waals surface area contributed by atoms with Crippen LogP contribution in [-0.4, -0.2) is 24.6 Å². The Balaban J connectivity index is 2.35. The van der Waals surface area contributed by atoms with Gasteiger partial charge in [-0.25, -0.2) is 5.01 Å². The van der Waals surface area contributed by atoms with Crippen molar-refractivity contribution in [2.24, 2.45) is 0 Å². The maximum absolute atomic E-state index is 3.25. The monoisotopic (exact) mass is 152 g/mol. The van der Waals surface area contributed by atoms with Crippen LogP contribution >= 0.6 is 0 Å². The number of hydrogen-bond acceptors (Lipinski definition) is 2. The highest BCUT2D eigenvalue weighted by Gasteiger charge is 2.16. The summed E-state index contributed by atoms with van der Waals surface area (Å²) in [4.78, 5) is 0. The molecule has 2 nitrogen and oxygen atoms in total. The number of nitrogens with one attached hydrogen (secondary N) is 1. The van der Waals surface area contributed by atoms with Crippen molar-refractivity contribution >= 4 is 0 Å². The van der Waals surface area contributed by atoms with Crippen LogP contribution in [0.5, 0.6) is 0 Å². The molecule has 0 aliphatic carbocycles. The van der Waals surface area contributed by atoms with E-state index in [-0.39, 0.29) is 0 Å². The van der Waals surface area contributed by atoms with Gasteiger partial charge < -0.3 is 0 Å². The molecule has 1 aliphatic rings. The molecule has 1 N–H and O–H groups in total. The second kappa shape index (κ2) is 4.31. The minimum Gasteiger partial charge on any atom is -0.255 e. The summed E-state index contributed by atoms with van der Waals surface area (Å²) in [5, 5.41) is 2.15. The Kier molecular flexibility index (Phi) is 3.33. The fourth-order valence-corrected chi connectivity index (χ4v) is 1.23. The van der Waals surface area contributed by atoms with Gasteiger partial charge in [-0.15, -0.1) is 0 Å². The van der Waals surface area contributed by atoms with Gasteiger partial charge >= 0.3 is 0 Å². The van der Waals surface area contributed by atoms with Gasteiger partial charge in [0, 0.05) is 19.6 Å². The molecule has 0 aromatic rings. The van der Waals surface area contributed by atoms with Gasteiger partial charge in [-0.05, 0) is 13.3 Å². The first-order valence-corrected chi connectivity index (χ1v) is 4.10. The highest BCUT2D eigenvalue weighted by molar-refractivity contribution is 5.06. The third-order valence-electron chi connectivity index (χ3n) is 1.94. The molecule has 1 fully saturated rings. The topological polar surface area (TPSA) is 15.3 Å². The summed E-state index contributed by atoms with van der Waals surface area (Å²) in [6, 6.07) is 0.575. The van der Waals surface area contributed by atoms with E-state index in [1.54, 1.807) is 0 Å². The average molecular weight is 152 g/mol. The molecule has 0 spiro atoms. The molecule has 0 saturated carbocycles. The first-order valence-electron chi connectivity index (χ1n) is 4.10. The Bertz CT molecular complexity index is 161. The van der Waals surface area contributed by atoms with Crippen LogP contribution in [0.2, 0.25) is 0 Å². The Morgan fingerprint density at radius 2 is 2.27 bits per heavy atom. The number of rotatable bonds is 2. The average Bonchev–Trinajstić information content (AvgIpc) is 2.37. The zero-order valence-corrected chi connectivity index (χ0v) is 7.25. The maximum Gasteiger partial charge on any atom is 0.0436 e. The highest BCUT2D eigenvalue weighted by atomic mass is 15.5. The third kappa shape index (κ3) is 2.48. The molecule has 0 aromatic carbocycles. The quantitative estimate of drug-likeness (QED) is 0.600. The number of hydrogen-bond donors (Lipinski definition) is 1. The minimum atomic E-state index is 0.575. The van der Waals surface area contributed by atoms with Gasteiger partial charge in [-0.1, -0.05) is 24.3 Å². The molecule has 1 saturated heterocycles. The van der Waals surface area contributed by atoms with Crippen LogP contribution in [0.25, 0.3) is 0 Å². The van der Waals surface area contributed by atoms with Crippen LogP contribution in [0, 0.1) is 0 Å². The Morgan fingerprint density at radius 1 is 1.45 bits per heavy atom. The molecule has 0 aromatic heterocycles. The van der Waals surface area contributed by atoms with Gasteiger partial charge in [0.1, 0.15) is 0 Å². The van der Waals surface area contributed by atoms with Gasteiger partial charge in [0.05, 0.1) is 0 Å². The second-order valence-electron chi connectivity index (χ2n) is 2.79. The van der Waals surface area contributed by atoms with Crippen LogP contribution in [0.4, 0.5) is 0 Å². The number of nitrogens with zero attached hydrogens (tertiary/aromatic N) is 1. The Morgan fingerprint density at radius 3 is 2.82 bits per heavy atom. The number of hydrazine groups is 1. The number of likely N-dealkylation sites (N-methyl/N-ethyl adjacent to an activating group) is 1. The van der Waals surface area contributed by atoms with Crippen molar-refractivity contribution in [3.05, 3.63) is 24.3 Å². The van der Waals surface area contributed by atoms with Crippen molar-refractivity contribution < 1.29 is 0 Å². The standard InChI is InChI=1S/C9H16N2/c1-3-4-5-6-9-7-8-10-11(9)2/h3-6,9-10H,7-8H2,1-2H3/b4-3+,6-5-. The molecule has 62 valence electrons. The van der Waals surface area contributed by atoms with Gasteiger partial charge in [0.2, 0.25) is 0 Å². The molecule has 2 heteroatoms. The molecule has 1 heterocycles.